The number of benzene rings is 1. The third-order valence-corrected chi connectivity index (χ3v) is 4.24. The van der Waals surface area contributed by atoms with E-state index in [1.807, 2.05) is 0 Å². The summed E-state index contributed by atoms with van der Waals surface area (Å²) in [6.07, 6.45) is 1.28. The molecule has 0 unspecified atom stereocenters. The van der Waals surface area contributed by atoms with Crippen LogP contribution in [0.15, 0.2) is 12.1 Å². The summed E-state index contributed by atoms with van der Waals surface area (Å²) in [5.74, 6) is -1.94. The van der Waals surface area contributed by atoms with Crippen LogP contribution in [0.1, 0.15) is 29.6 Å². The molecular formula is C12H10Cl2N2O5. The number of hydrogen-bond acceptors (Lipinski definition) is 4. The molecule has 1 saturated carbocycles. The van der Waals surface area contributed by atoms with Crippen molar-refractivity contribution in [2.75, 3.05) is 0 Å². The van der Waals surface area contributed by atoms with Crippen molar-refractivity contribution in [2.24, 2.45) is 0 Å². The van der Waals surface area contributed by atoms with Gasteiger partial charge in [0, 0.05) is 12.1 Å². The van der Waals surface area contributed by atoms with Gasteiger partial charge in [-0.25, -0.2) is 4.79 Å². The van der Waals surface area contributed by atoms with Gasteiger partial charge in [0.15, 0.2) is 0 Å². The molecule has 1 fully saturated rings. The van der Waals surface area contributed by atoms with E-state index >= 15 is 0 Å². The average molecular weight is 333 g/mol. The highest BCUT2D eigenvalue weighted by Gasteiger charge is 2.46. The number of nitro benzene ring substituents is 1. The zero-order valence-corrected chi connectivity index (χ0v) is 12.1. The minimum Gasteiger partial charge on any atom is -0.480 e. The molecule has 0 saturated heterocycles. The lowest BCUT2D eigenvalue weighted by Gasteiger charge is -2.38. The van der Waals surface area contributed by atoms with Crippen LogP contribution in [0.3, 0.4) is 0 Å². The molecule has 1 aromatic rings. The molecule has 0 radical (unpaired) electrons. The molecular weight excluding hydrogens is 323 g/mol. The van der Waals surface area contributed by atoms with Crippen LogP contribution in [0.25, 0.3) is 0 Å². The van der Waals surface area contributed by atoms with Crippen molar-refractivity contribution in [1.82, 2.24) is 5.32 Å². The maximum atomic E-state index is 12.2. The lowest BCUT2D eigenvalue weighted by Crippen LogP contribution is -2.59. The van der Waals surface area contributed by atoms with E-state index in [9.17, 15) is 19.7 Å². The van der Waals surface area contributed by atoms with Crippen molar-refractivity contribution < 1.29 is 19.6 Å². The first-order chi connectivity index (χ1) is 9.77. The Hall–Kier alpha value is -1.86. The summed E-state index contributed by atoms with van der Waals surface area (Å²) in [7, 11) is 0. The zero-order valence-electron chi connectivity index (χ0n) is 10.6. The fourth-order valence-corrected chi connectivity index (χ4v) is 2.46. The number of nitrogens with zero attached hydrogens (tertiary/aromatic N) is 1. The molecule has 1 aromatic carbocycles. The molecule has 1 aliphatic carbocycles. The van der Waals surface area contributed by atoms with Crippen LogP contribution in [0.2, 0.25) is 10.0 Å². The minimum absolute atomic E-state index is 0.144. The van der Waals surface area contributed by atoms with Crippen LogP contribution in [-0.4, -0.2) is 27.4 Å². The molecule has 0 aromatic heterocycles. The minimum atomic E-state index is -1.34. The molecule has 0 bridgehead atoms. The number of non-ortho nitro benzene ring substituents is 1. The molecule has 1 aliphatic rings. The van der Waals surface area contributed by atoms with E-state index in [2.05, 4.69) is 5.32 Å². The third kappa shape index (κ3) is 2.79. The Kier molecular flexibility index (Phi) is 4.06. The summed E-state index contributed by atoms with van der Waals surface area (Å²) in [6.45, 7) is 0. The average Bonchev–Trinajstić information content (AvgIpc) is 2.35. The Labute approximate surface area is 129 Å². The van der Waals surface area contributed by atoms with Gasteiger partial charge in [-0.2, -0.15) is 0 Å². The maximum Gasteiger partial charge on any atom is 0.329 e. The topological polar surface area (TPSA) is 110 Å². The molecule has 0 atom stereocenters. The molecule has 7 nitrogen and oxygen atoms in total. The highest BCUT2D eigenvalue weighted by atomic mass is 35.5. The number of rotatable bonds is 4. The molecule has 2 rings (SSSR count). The van der Waals surface area contributed by atoms with Crippen LogP contribution in [0, 0.1) is 10.1 Å². The van der Waals surface area contributed by atoms with Crippen molar-refractivity contribution in [3.8, 4) is 0 Å². The summed E-state index contributed by atoms with van der Waals surface area (Å²) >= 11 is 11.6. The first-order valence-corrected chi connectivity index (χ1v) is 6.72. The van der Waals surface area contributed by atoms with Crippen molar-refractivity contribution in [3.05, 3.63) is 37.9 Å². The predicted octanol–water partition coefficient (Wildman–Crippen LogP) is 2.64. The third-order valence-electron chi connectivity index (χ3n) is 3.44. The van der Waals surface area contributed by atoms with Gasteiger partial charge in [0.05, 0.1) is 20.5 Å². The number of amides is 1. The fraction of sp³-hybridized carbons (Fsp3) is 0.333. The lowest BCUT2D eigenvalue weighted by atomic mass is 9.76. The number of halogens is 2. The number of carbonyl (C=O) groups excluding carboxylic acids is 1. The number of carboxylic acids is 1. The first kappa shape index (κ1) is 15.5. The number of carbonyl (C=O) groups is 2. The van der Waals surface area contributed by atoms with Crippen LogP contribution in [0.4, 0.5) is 5.69 Å². The molecule has 1 amide bonds. The Morgan fingerprint density at radius 3 is 2.38 bits per heavy atom. The summed E-state index contributed by atoms with van der Waals surface area (Å²) < 4.78 is 0. The first-order valence-electron chi connectivity index (χ1n) is 5.96. The summed E-state index contributed by atoms with van der Waals surface area (Å²) in [5.41, 5.74) is -1.95. The highest BCUT2D eigenvalue weighted by Crippen LogP contribution is 2.34. The molecule has 0 aliphatic heterocycles. The molecule has 112 valence electrons. The smallest absolute Gasteiger partial charge is 0.329 e. The molecule has 9 heteroatoms. The van der Waals surface area contributed by atoms with Crippen molar-refractivity contribution in [3.63, 3.8) is 0 Å². The van der Waals surface area contributed by atoms with Gasteiger partial charge in [-0.05, 0) is 19.3 Å². The molecule has 2 N–H and O–H groups in total. The Morgan fingerprint density at radius 1 is 1.33 bits per heavy atom. The van der Waals surface area contributed by atoms with Crippen LogP contribution < -0.4 is 5.32 Å². The second-order valence-corrected chi connectivity index (χ2v) is 5.53. The number of nitrogens with one attached hydrogen (secondary N) is 1. The van der Waals surface area contributed by atoms with Gasteiger partial charge in [-0.1, -0.05) is 23.2 Å². The van der Waals surface area contributed by atoms with E-state index < -0.39 is 28.0 Å². The van der Waals surface area contributed by atoms with Crippen LogP contribution in [-0.2, 0) is 4.79 Å². The monoisotopic (exact) mass is 332 g/mol. The number of nitro groups is 1. The van der Waals surface area contributed by atoms with Crippen molar-refractivity contribution >= 4 is 40.8 Å². The standard InChI is InChI=1S/C12H10Cl2N2O5/c13-8-5-6(16(20)21)4-7(9(8)14)10(17)15-12(11(18)19)2-1-3-12/h4-5H,1-3H2,(H,15,17)(H,18,19). The van der Waals surface area contributed by atoms with E-state index in [1.54, 1.807) is 0 Å². The van der Waals surface area contributed by atoms with Crippen LogP contribution >= 0.6 is 23.2 Å². The summed E-state index contributed by atoms with van der Waals surface area (Å²) in [4.78, 5) is 33.4. The van der Waals surface area contributed by atoms with Gasteiger partial charge >= 0.3 is 5.97 Å². The highest BCUT2D eigenvalue weighted by molar-refractivity contribution is 6.44. The largest absolute Gasteiger partial charge is 0.480 e. The Balaban J connectivity index is 2.35. The van der Waals surface area contributed by atoms with Gasteiger partial charge in [0.2, 0.25) is 0 Å². The summed E-state index contributed by atoms with van der Waals surface area (Å²) in [6, 6.07) is 1.99. The lowest BCUT2D eigenvalue weighted by molar-refractivity contribution is -0.384. The number of carboxylic acid groups (broad SMARTS) is 1. The van der Waals surface area contributed by atoms with Gasteiger partial charge < -0.3 is 10.4 Å². The quantitative estimate of drug-likeness (QED) is 0.650. The van der Waals surface area contributed by atoms with Gasteiger partial charge in [-0.15, -0.1) is 0 Å². The Bertz CT molecular complexity index is 643. The van der Waals surface area contributed by atoms with E-state index in [0.717, 1.165) is 12.1 Å². The second kappa shape index (κ2) is 5.50. The molecule has 0 heterocycles. The number of hydrogen-bond donors (Lipinski definition) is 2. The van der Waals surface area contributed by atoms with Gasteiger partial charge in [0.1, 0.15) is 5.54 Å². The van der Waals surface area contributed by atoms with Crippen molar-refractivity contribution in [2.45, 2.75) is 24.8 Å². The predicted molar refractivity (Wildman–Crippen MR) is 74.8 cm³/mol. The van der Waals surface area contributed by atoms with E-state index in [1.165, 1.54) is 0 Å². The normalized spacial score (nSPS) is 15.9. The van der Waals surface area contributed by atoms with Gasteiger partial charge in [0.25, 0.3) is 11.6 Å². The van der Waals surface area contributed by atoms with E-state index in [0.29, 0.717) is 19.3 Å². The van der Waals surface area contributed by atoms with E-state index in [4.69, 9.17) is 28.3 Å². The maximum absolute atomic E-state index is 12.2. The fourth-order valence-electron chi connectivity index (χ4n) is 2.05. The Morgan fingerprint density at radius 2 is 1.95 bits per heavy atom. The van der Waals surface area contributed by atoms with E-state index in [-0.39, 0.29) is 15.6 Å². The molecule has 0 spiro atoms. The molecule has 21 heavy (non-hydrogen) atoms. The SMILES string of the molecule is O=C(NC1(C(=O)O)CCC1)c1cc([N+](=O)[O-])cc(Cl)c1Cl. The van der Waals surface area contributed by atoms with Gasteiger partial charge in [-0.3, -0.25) is 14.9 Å². The van der Waals surface area contributed by atoms with Crippen molar-refractivity contribution in [1.29, 1.82) is 0 Å². The second-order valence-electron chi connectivity index (χ2n) is 4.74. The van der Waals surface area contributed by atoms with Crippen LogP contribution in [0.5, 0.6) is 0 Å². The number of aliphatic carboxylic acids is 1. The summed E-state index contributed by atoms with van der Waals surface area (Å²) in [5, 5.41) is 22.0. The zero-order chi connectivity index (χ0) is 15.8.